The number of hydrogen-bond acceptors (Lipinski definition) is 3. The molecule has 0 aliphatic rings. The first kappa shape index (κ1) is 15.6. The number of H-pyrrole nitrogens is 1. The number of benzene rings is 1. The summed E-state index contributed by atoms with van der Waals surface area (Å²) in [5.74, 6) is 0.695. The molecule has 0 fully saturated rings. The third-order valence-electron chi connectivity index (χ3n) is 2.89. The Kier molecular flexibility index (Phi) is 4.42. The summed E-state index contributed by atoms with van der Waals surface area (Å²) in [6.07, 6.45) is 0.250. The summed E-state index contributed by atoms with van der Waals surface area (Å²) in [6.45, 7) is 7.46. The monoisotopic (exact) mass is 309 g/mol. The van der Waals surface area contributed by atoms with Gasteiger partial charge in [0.15, 0.2) is 0 Å². The predicted octanol–water partition coefficient (Wildman–Crippen LogP) is 4.19. The molecule has 1 amide bonds. The molecule has 1 aromatic carbocycles. The van der Waals surface area contributed by atoms with E-state index in [9.17, 15) is 4.79 Å². The van der Waals surface area contributed by atoms with Crippen molar-refractivity contribution in [2.24, 2.45) is 0 Å². The summed E-state index contributed by atoms with van der Waals surface area (Å²) in [4.78, 5) is 19.6. The van der Waals surface area contributed by atoms with Gasteiger partial charge in [-0.2, -0.15) is 0 Å². The van der Waals surface area contributed by atoms with Crippen LogP contribution in [-0.2, 0) is 4.74 Å². The van der Waals surface area contributed by atoms with Crippen molar-refractivity contribution in [3.63, 3.8) is 0 Å². The number of halogens is 1. The number of carbonyl (C=O) groups excluding carboxylic acids is 1. The van der Waals surface area contributed by atoms with Crippen LogP contribution in [0.25, 0.3) is 11.0 Å². The number of alkyl carbamates (subject to hydrolysis) is 1. The van der Waals surface area contributed by atoms with Gasteiger partial charge in [-0.3, -0.25) is 0 Å². The van der Waals surface area contributed by atoms with E-state index >= 15 is 0 Å². The molecule has 5 nitrogen and oxygen atoms in total. The van der Waals surface area contributed by atoms with Crippen LogP contribution in [-0.4, -0.2) is 21.7 Å². The molecule has 21 heavy (non-hydrogen) atoms. The van der Waals surface area contributed by atoms with Crippen LogP contribution in [0.15, 0.2) is 18.2 Å². The molecule has 1 heterocycles. The zero-order chi connectivity index (χ0) is 15.6. The van der Waals surface area contributed by atoms with Gasteiger partial charge in [-0.1, -0.05) is 18.5 Å². The minimum Gasteiger partial charge on any atom is -0.444 e. The second kappa shape index (κ2) is 5.93. The average Bonchev–Trinajstić information content (AvgIpc) is 2.76. The number of amides is 1. The lowest BCUT2D eigenvalue weighted by atomic mass is 10.2. The highest BCUT2D eigenvalue weighted by atomic mass is 35.5. The number of aromatic nitrogens is 2. The van der Waals surface area contributed by atoms with Gasteiger partial charge >= 0.3 is 6.09 Å². The van der Waals surface area contributed by atoms with E-state index < -0.39 is 11.7 Å². The van der Waals surface area contributed by atoms with Crippen LogP contribution >= 0.6 is 11.6 Å². The van der Waals surface area contributed by atoms with Crippen molar-refractivity contribution in [3.8, 4) is 0 Å². The standard InChI is InChI=1S/C15H20ClN3O2/c1-5-10(19-14(20)21-15(2,3)4)13-17-11-7-6-9(16)8-12(11)18-13/h6-8,10H,5H2,1-4H3,(H,17,18)(H,19,20). The number of hydrogen-bond donors (Lipinski definition) is 2. The summed E-state index contributed by atoms with van der Waals surface area (Å²) >= 11 is 5.96. The maximum atomic E-state index is 11.9. The lowest BCUT2D eigenvalue weighted by Crippen LogP contribution is -2.35. The molecule has 0 bridgehead atoms. The first-order valence-corrected chi connectivity index (χ1v) is 7.31. The number of ether oxygens (including phenoxy) is 1. The highest BCUT2D eigenvalue weighted by Crippen LogP contribution is 2.21. The predicted molar refractivity (Wildman–Crippen MR) is 83.5 cm³/mol. The highest BCUT2D eigenvalue weighted by Gasteiger charge is 2.21. The normalized spacial score (nSPS) is 13.2. The zero-order valence-electron chi connectivity index (χ0n) is 12.7. The quantitative estimate of drug-likeness (QED) is 0.893. The van der Waals surface area contributed by atoms with Crippen molar-refractivity contribution in [2.45, 2.75) is 45.8 Å². The Hall–Kier alpha value is -1.75. The molecule has 1 aromatic heterocycles. The van der Waals surface area contributed by atoms with Gasteiger partial charge in [0.2, 0.25) is 0 Å². The van der Waals surface area contributed by atoms with E-state index in [0.29, 0.717) is 17.3 Å². The fourth-order valence-electron chi connectivity index (χ4n) is 1.98. The summed E-state index contributed by atoms with van der Waals surface area (Å²) < 4.78 is 5.27. The summed E-state index contributed by atoms with van der Waals surface area (Å²) in [6, 6.07) is 5.22. The minimum atomic E-state index is -0.524. The Morgan fingerprint density at radius 1 is 1.48 bits per heavy atom. The van der Waals surface area contributed by atoms with Gasteiger partial charge < -0.3 is 15.0 Å². The van der Waals surface area contributed by atoms with E-state index in [-0.39, 0.29) is 6.04 Å². The summed E-state index contributed by atoms with van der Waals surface area (Å²) in [5.41, 5.74) is 1.14. The Morgan fingerprint density at radius 2 is 2.19 bits per heavy atom. The third-order valence-corrected chi connectivity index (χ3v) is 3.13. The maximum Gasteiger partial charge on any atom is 0.408 e. The molecule has 2 aromatic rings. The molecule has 2 rings (SSSR count). The van der Waals surface area contributed by atoms with Crippen LogP contribution in [0.2, 0.25) is 5.02 Å². The van der Waals surface area contributed by atoms with Crippen molar-refractivity contribution in [2.75, 3.05) is 0 Å². The molecule has 6 heteroatoms. The first-order chi connectivity index (χ1) is 9.78. The molecule has 0 saturated carbocycles. The van der Waals surface area contributed by atoms with Gasteiger partial charge in [0, 0.05) is 5.02 Å². The highest BCUT2D eigenvalue weighted by molar-refractivity contribution is 6.31. The third kappa shape index (κ3) is 4.11. The number of imidazole rings is 1. The molecular weight excluding hydrogens is 290 g/mol. The van der Waals surface area contributed by atoms with E-state index in [1.54, 1.807) is 6.07 Å². The Balaban J connectivity index is 2.17. The lowest BCUT2D eigenvalue weighted by molar-refractivity contribution is 0.0500. The Morgan fingerprint density at radius 3 is 2.81 bits per heavy atom. The van der Waals surface area contributed by atoms with E-state index in [1.807, 2.05) is 39.8 Å². The molecule has 0 radical (unpaired) electrons. The molecule has 1 unspecified atom stereocenters. The molecule has 2 N–H and O–H groups in total. The number of nitrogens with zero attached hydrogens (tertiary/aromatic N) is 1. The van der Waals surface area contributed by atoms with Crippen molar-refractivity contribution >= 4 is 28.7 Å². The number of aromatic amines is 1. The van der Waals surface area contributed by atoms with Crippen LogP contribution in [0.3, 0.4) is 0 Å². The number of nitrogens with one attached hydrogen (secondary N) is 2. The van der Waals surface area contributed by atoms with Crippen molar-refractivity contribution in [1.29, 1.82) is 0 Å². The molecule has 114 valence electrons. The van der Waals surface area contributed by atoms with Gasteiger partial charge in [-0.05, 0) is 45.4 Å². The van der Waals surface area contributed by atoms with E-state index in [0.717, 1.165) is 11.0 Å². The summed E-state index contributed by atoms with van der Waals surface area (Å²) in [5, 5.41) is 3.47. The van der Waals surface area contributed by atoms with Crippen molar-refractivity contribution in [3.05, 3.63) is 29.0 Å². The van der Waals surface area contributed by atoms with Crippen molar-refractivity contribution < 1.29 is 9.53 Å². The molecule has 0 aliphatic heterocycles. The fraction of sp³-hybridized carbons (Fsp3) is 0.467. The molecule has 1 atom stereocenters. The Labute approximate surface area is 129 Å². The van der Waals surface area contributed by atoms with E-state index in [1.165, 1.54) is 0 Å². The largest absolute Gasteiger partial charge is 0.444 e. The first-order valence-electron chi connectivity index (χ1n) is 6.93. The van der Waals surface area contributed by atoms with Crippen LogP contribution in [0.5, 0.6) is 0 Å². The average molecular weight is 310 g/mol. The van der Waals surface area contributed by atoms with Crippen LogP contribution in [0.4, 0.5) is 4.79 Å². The maximum absolute atomic E-state index is 11.9. The second-order valence-electron chi connectivity index (χ2n) is 5.89. The van der Waals surface area contributed by atoms with Gasteiger partial charge in [0.05, 0.1) is 17.1 Å². The molecule has 0 aliphatic carbocycles. The number of rotatable bonds is 3. The van der Waals surface area contributed by atoms with Crippen LogP contribution in [0, 0.1) is 0 Å². The summed E-state index contributed by atoms with van der Waals surface area (Å²) in [7, 11) is 0. The molecule has 0 spiro atoms. The van der Waals surface area contributed by atoms with Gasteiger partial charge in [0.25, 0.3) is 0 Å². The topological polar surface area (TPSA) is 67.0 Å². The smallest absolute Gasteiger partial charge is 0.408 e. The zero-order valence-corrected chi connectivity index (χ0v) is 13.4. The SMILES string of the molecule is CCC(NC(=O)OC(C)(C)C)c1nc2ccc(Cl)cc2[nH]1. The number of fused-ring (bicyclic) bond motifs is 1. The lowest BCUT2D eigenvalue weighted by Gasteiger charge is -2.22. The van der Waals surface area contributed by atoms with E-state index in [4.69, 9.17) is 16.3 Å². The van der Waals surface area contributed by atoms with Crippen molar-refractivity contribution in [1.82, 2.24) is 15.3 Å². The van der Waals surface area contributed by atoms with Gasteiger partial charge in [0.1, 0.15) is 11.4 Å². The van der Waals surface area contributed by atoms with E-state index in [2.05, 4.69) is 15.3 Å². The molecule has 0 saturated heterocycles. The number of carbonyl (C=O) groups is 1. The van der Waals surface area contributed by atoms with Crippen LogP contribution < -0.4 is 5.32 Å². The second-order valence-corrected chi connectivity index (χ2v) is 6.33. The van der Waals surface area contributed by atoms with Crippen LogP contribution in [0.1, 0.15) is 46.0 Å². The minimum absolute atomic E-state index is 0.231. The Bertz CT molecular complexity index is 646. The van der Waals surface area contributed by atoms with Gasteiger partial charge in [-0.15, -0.1) is 0 Å². The fourth-order valence-corrected chi connectivity index (χ4v) is 2.15. The van der Waals surface area contributed by atoms with Gasteiger partial charge in [-0.25, -0.2) is 9.78 Å². The molecular formula is C15H20ClN3O2.